The van der Waals surface area contributed by atoms with Gasteiger partial charge in [0.25, 0.3) is 0 Å². The molecular weight excluding hydrogens is 522 g/mol. The van der Waals surface area contributed by atoms with E-state index in [1.54, 1.807) is 24.4 Å². The van der Waals surface area contributed by atoms with Crippen LogP contribution in [-0.4, -0.2) is 22.5 Å². The van der Waals surface area contributed by atoms with E-state index in [0.29, 0.717) is 23.4 Å². The van der Waals surface area contributed by atoms with E-state index >= 15 is 0 Å². The number of halogens is 6. The summed E-state index contributed by atoms with van der Waals surface area (Å²) >= 11 is 0. The number of rotatable bonds is 6. The van der Waals surface area contributed by atoms with Gasteiger partial charge in [0, 0.05) is 35.6 Å². The molecule has 0 aliphatic carbocycles. The van der Waals surface area contributed by atoms with Gasteiger partial charge >= 0.3 is 18.3 Å². The van der Waals surface area contributed by atoms with Crippen LogP contribution in [0.25, 0.3) is 22.4 Å². The Morgan fingerprint density at radius 2 is 1.49 bits per heavy atom. The number of aromatic nitrogens is 2. The summed E-state index contributed by atoms with van der Waals surface area (Å²) in [4.78, 5) is 21.6. The molecule has 2 heterocycles. The highest BCUT2D eigenvalue weighted by Crippen LogP contribution is 2.36. The largest absolute Gasteiger partial charge is 0.462 e. The van der Waals surface area contributed by atoms with E-state index < -0.39 is 36.1 Å². The maximum Gasteiger partial charge on any atom is 0.416 e. The summed E-state index contributed by atoms with van der Waals surface area (Å²) in [6.07, 6.45) is -7.28. The highest BCUT2D eigenvalue weighted by atomic mass is 19.4. The molecule has 0 amide bonds. The monoisotopic (exact) mass is 544 g/mol. The molecule has 202 valence electrons. The van der Waals surface area contributed by atoms with E-state index in [0.717, 1.165) is 22.4 Å². The highest BCUT2D eigenvalue weighted by molar-refractivity contribution is 5.98. The Balaban J connectivity index is 1.62. The molecule has 0 spiro atoms. The van der Waals surface area contributed by atoms with Crippen LogP contribution in [-0.2, 0) is 23.5 Å². The molecule has 0 aliphatic heterocycles. The molecule has 0 unspecified atom stereocenters. The van der Waals surface area contributed by atoms with Gasteiger partial charge in [0.05, 0.1) is 29.0 Å². The minimum atomic E-state index is -4.96. The van der Waals surface area contributed by atoms with Crippen molar-refractivity contribution in [3.63, 3.8) is 0 Å². The van der Waals surface area contributed by atoms with Gasteiger partial charge in [0.15, 0.2) is 0 Å². The molecule has 2 aromatic heterocycles. The Hall–Kier alpha value is -4.21. The summed E-state index contributed by atoms with van der Waals surface area (Å²) in [5.74, 6) is -0.804. The third-order valence-electron chi connectivity index (χ3n) is 6.02. The first kappa shape index (κ1) is 27.8. The lowest BCUT2D eigenvalue weighted by atomic mass is 9.95. The van der Waals surface area contributed by atoms with Crippen LogP contribution in [0.1, 0.15) is 38.3 Å². The number of pyridine rings is 2. The van der Waals surface area contributed by atoms with E-state index in [-0.39, 0.29) is 23.6 Å². The zero-order chi connectivity index (χ0) is 28.4. The fourth-order valence-electron chi connectivity index (χ4n) is 4.08. The topological polar surface area (TPSA) is 52.1 Å². The van der Waals surface area contributed by atoms with Crippen LogP contribution < -0.4 is 0 Å². The summed E-state index contributed by atoms with van der Waals surface area (Å²) in [6, 6.07) is 14.0. The SMILES string of the molecule is Cc1cc(-c2cc(-c3ccccc3C)c(C(=O)OCCc3cc(C(F)(F)F)cc(C(F)(F)F)c3)cn2)ccn1. The number of benzene rings is 2. The van der Waals surface area contributed by atoms with Crippen molar-refractivity contribution in [1.82, 2.24) is 9.97 Å². The Kier molecular flexibility index (Phi) is 7.76. The third-order valence-corrected chi connectivity index (χ3v) is 6.02. The smallest absolute Gasteiger partial charge is 0.416 e. The zero-order valence-electron chi connectivity index (χ0n) is 20.8. The molecule has 2 aromatic carbocycles. The van der Waals surface area contributed by atoms with Gasteiger partial charge in [-0.05, 0) is 66.9 Å². The van der Waals surface area contributed by atoms with Crippen molar-refractivity contribution in [2.75, 3.05) is 6.61 Å². The van der Waals surface area contributed by atoms with E-state index in [9.17, 15) is 31.1 Å². The van der Waals surface area contributed by atoms with Gasteiger partial charge in [0.2, 0.25) is 0 Å². The van der Waals surface area contributed by atoms with Crippen molar-refractivity contribution in [3.8, 4) is 22.4 Å². The quantitative estimate of drug-likeness (QED) is 0.183. The number of hydrogen-bond donors (Lipinski definition) is 0. The van der Waals surface area contributed by atoms with Crippen molar-refractivity contribution in [2.45, 2.75) is 32.6 Å². The first-order valence-electron chi connectivity index (χ1n) is 11.8. The summed E-state index contributed by atoms with van der Waals surface area (Å²) < 4.78 is 84.3. The standard InChI is InChI=1S/C29H22F6N2O2/c1-17-5-3-4-6-23(17)24-15-26(20-7-9-36-18(2)11-20)37-16-25(24)27(38)39-10-8-19-12-21(28(30,31)32)14-22(13-19)29(33,34)35/h3-7,9,11-16H,8,10H2,1-2H3. The Morgan fingerprint density at radius 1 is 0.821 bits per heavy atom. The third kappa shape index (κ3) is 6.63. The molecule has 4 nitrogen and oxygen atoms in total. The number of aryl methyl sites for hydroxylation is 2. The molecule has 0 saturated heterocycles. The van der Waals surface area contributed by atoms with Crippen LogP contribution in [0.3, 0.4) is 0 Å². The summed E-state index contributed by atoms with van der Waals surface area (Å²) in [5.41, 5.74) is 1.28. The van der Waals surface area contributed by atoms with Gasteiger partial charge in [-0.25, -0.2) is 4.79 Å². The van der Waals surface area contributed by atoms with Crippen LogP contribution in [0.4, 0.5) is 26.3 Å². The predicted octanol–water partition coefficient (Wildman–Crippen LogP) is 7.86. The first-order valence-corrected chi connectivity index (χ1v) is 11.8. The highest BCUT2D eigenvalue weighted by Gasteiger charge is 2.36. The number of carbonyl (C=O) groups excluding carboxylic acids is 1. The van der Waals surface area contributed by atoms with E-state index in [1.807, 2.05) is 38.1 Å². The van der Waals surface area contributed by atoms with Crippen LogP contribution in [0.2, 0.25) is 0 Å². The molecule has 39 heavy (non-hydrogen) atoms. The molecule has 0 radical (unpaired) electrons. The van der Waals surface area contributed by atoms with Gasteiger partial charge in [-0.3, -0.25) is 9.97 Å². The Bertz CT molecular complexity index is 1480. The number of nitrogens with zero attached hydrogens (tertiary/aromatic N) is 2. The van der Waals surface area contributed by atoms with Crippen molar-refractivity contribution in [3.05, 3.63) is 107 Å². The summed E-state index contributed by atoms with van der Waals surface area (Å²) in [5, 5.41) is 0. The summed E-state index contributed by atoms with van der Waals surface area (Å²) in [7, 11) is 0. The molecule has 0 bridgehead atoms. The lowest BCUT2D eigenvalue weighted by molar-refractivity contribution is -0.143. The molecule has 4 rings (SSSR count). The van der Waals surface area contributed by atoms with Gasteiger partial charge in [-0.2, -0.15) is 26.3 Å². The van der Waals surface area contributed by atoms with Gasteiger partial charge in [-0.15, -0.1) is 0 Å². The van der Waals surface area contributed by atoms with Crippen LogP contribution >= 0.6 is 0 Å². The molecule has 0 atom stereocenters. The Labute approximate surface area is 220 Å². The maximum absolute atomic E-state index is 13.2. The molecule has 0 fully saturated rings. The average molecular weight is 544 g/mol. The molecule has 10 heteroatoms. The number of carbonyl (C=O) groups is 1. The lowest BCUT2D eigenvalue weighted by Gasteiger charge is -2.15. The maximum atomic E-state index is 13.2. The summed E-state index contributed by atoms with van der Waals surface area (Å²) in [6.45, 7) is 3.27. The Morgan fingerprint density at radius 3 is 2.10 bits per heavy atom. The fourth-order valence-corrected chi connectivity index (χ4v) is 4.08. The number of alkyl halides is 6. The average Bonchev–Trinajstić information content (AvgIpc) is 2.87. The van der Waals surface area contributed by atoms with E-state index in [4.69, 9.17) is 4.74 Å². The van der Waals surface area contributed by atoms with Gasteiger partial charge in [0.1, 0.15) is 0 Å². The normalized spacial score (nSPS) is 11.9. The van der Waals surface area contributed by atoms with Crippen LogP contribution in [0.15, 0.2) is 73.1 Å². The fraction of sp³-hybridized carbons (Fsp3) is 0.207. The van der Waals surface area contributed by atoms with Crippen molar-refractivity contribution in [1.29, 1.82) is 0 Å². The lowest BCUT2D eigenvalue weighted by Crippen LogP contribution is -2.14. The van der Waals surface area contributed by atoms with E-state index in [2.05, 4.69) is 9.97 Å². The molecule has 0 aliphatic rings. The second kappa shape index (κ2) is 10.9. The number of ether oxygens (including phenoxy) is 1. The second-order valence-corrected chi connectivity index (χ2v) is 8.92. The van der Waals surface area contributed by atoms with E-state index in [1.165, 1.54) is 6.20 Å². The number of esters is 1. The van der Waals surface area contributed by atoms with Crippen molar-refractivity contribution in [2.24, 2.45) is 0 Å². The minimum absolute atomic E-state index is 0.0570. The van der Waals surface area contributed by atoms with Crippen LogP contribution in [0, 0.1) is 13.8 Å². The number of hydrogen-bond acceptors (Lipinski definition) is 4. The molecule has 0 N–H and O–H groups in total. The van der Waals surface area contributed by atoms with Gasteiger partial charge in [-0.1, -0.05) is 24.3 Å². The molecule has 0 saturated carbocycles. The van der Waals surface area contributed by atoms with Crippen LogP contribution in [0.5, 0.6) is 0 Å². The van der Waals surface area contributed by atoms with Crippen molar-refractivity contribution >= 4 is 5.97 Å². The first-order chi connectivity index (χ1) is 18.3. The molecular formula is C29H22F6N2O2. The molecule has 4 aromatic rings. The second-order valence-electron chi connectivity index (χ2n) is 8.92. The van der Waals surface area contributed by atoms with Crippen molar-refractivity contribution < 1.29 is 35.9 Å². The zero-order valence-corrected chi connectivity index (χ0v) is 20.8. The predicted molar refractivity (Wildman–Crippen MR) is 133 cm³/mol. The minimum Gasteiger partial charge on any atom is -0.462 e. The van der Waals surface area contributed by atoms with Gasteiger partial charge < -0.3 is 4.74 Å².